The van der Waals surface area contributed by atoms with E-state index < -0.39 is 0 Å². The average molecular weight is 274 g/mol. The molecule has 1 unspecified atom stereocenters. The van der Waals surface area contributed by atoms with Crippen molar-refractivity contribution < 1.29 is 0 Å². The van der Waals surface area contributed by atoms with E-state index in [-0.39, 0.29) is 0 Å². The van der Waals surface area contributed by atoms with Gasteiger partial charge in [0, 0.05) is 6.04 Å². The molecular weight excluding hydrogens is 244 g/mol. The van der Waals surface area contributed by atoms with Crippen molar-refractivity contribution in [1.82, 2.24) is 5.43 Å². The van der Waals surface area contributed by atoms with E-state index in [4.69, 9.17) is 5.84 Å². The van der Waals surface area contributed by atoms with Gasteiger partial charge in [0.25, 0.3) is 0 Å². The van der Waals surface area contributed by atoms with Crippen LogP contribution in [0.1, 0.15) is 57.4 Å². The number of nitrogens with one attached hydrogen (secondary N) is 1. The smallest absolute Gasteiger partial charge is 0.0279 e. The predicted octanol–water partition coefficient (Wildman–Crippen LogP) is 4.06. The largest absolute Gasteiger partial charge is 0.271 e. The third kappa shape index (κ3) is 4.60. The van der Waals surface area contributed by atoms with Crippen LogP contribution in [0.4, 0.5) is 0 Å². The average Bonchev–Trinajstić information content (AvgIpc) is 2.52. The highest BCUT2D eigenvalue weighted by Gasteiger charge is 2.26. The zero-order valence-corrected chi connectivity index (χ0v) is 12.9. The number of hydrazine groups is 1. The number of nitrogens with two attached hydrogens (primary N) is 1. The first kappa shape index (κ1) is 15.5. The van der Waals surface area contributed by atoms with Gasteiger partial charge in [-0.05, 0) is 36.7 Å². The Kier molecular flexibility index (Phi) is 6.55. The Labute approximate surface area is 124 Å². The summed E-state index contributed by atoms with van der Waals surface area (Å²) in [6, 6.07) is 11.2. The van der Waals surface area contributed by atoms with Crippen molar-refractivity contribution in [2.75, 3.05) is 0 Å². The first-order valence-corrected chi connectivity index (χ1v) is 8.33. The van der Waals surface area contributed by atoms with Crippen molar-refractivity contribution in [3.8, 4) is 0 Å². The van der Waals surface area contributed by atoms with Gasteiger partial charge in [0.2, 0.25) is 0 Å². The molecule has 1 aromatic rings. The van der Waals surface area contributed by atoms with Gasteiger partial charge in [-0.1, -0.05) is 69.4 Å². The normalized spacial score (nSPS) is 24.5. The van der Waals surface area contributed by atoms with Crippen molar-refractivity contribution in [3.63, 3.8) is 0 Å². The van der Waals surface area contributed by atoms with E-state index >= 15 is 0 Å². The Balaban J connectivity index is 1.81. The van der Waals surface area contributed by atoms with Crippen LogP contribution in [0, 0.1) is 11.8 Å². The van der Waals surface area contributed by atoms with Crippen LogP contribution in [0.5, 0.6) is 0 Å². The van der Waals surface area contributed by atoms with Gasteiger partial charge in [-0.2, -0.15) is 0 Å². The Morgan fingerprint density at radius 1 is 1.15 bits per heavy atom. The summed E-state index contributed by atoms with van der Waals surface area (Å²) in [6.45, 7) is 2.29. The van der Waals surface area contributed by atoms with Gasteiger partial charge >= 0.3 is 0 Å². The van der Waals surface area contributed by atoms with E-state index in [9.17, 15) is 0 Å². The molecule has 0 aliphatic heterocycles. The van der Waals surface area contributed by atoms with Crippen LogP contribution >= 0.6 is 0 Å². The van der Waals surface area contributed by atoms with Gasteiger partial charge in [-0.25, -0.2) is 0 Å². The number of hydrogen-bond donors (Lipinski definition) is 2. The summed E-state index contributed by atoms with van der Waals surface area (Å²) in [4.78, 5) is 0. The molecular formula is C18H30N2. The second-order valence-electron chi connectivity index (χ2n) is 6.39. The fourth-order valence-corrected chi connectivity index (χ4v) is 3.60. The summed E-state index contributed by atoms with van der Waals surface area (Å²) in [5.74, 6) is 7.54. The van der Waals surface area contributed by atoms with E-state index in [1.165, 1.54) is 50.5 Å². The lowest BCUT2D eigenvalue weighted by molar-refractivity contribution is 0.211. The zero-order chi connectivity index (χ0) is 14.2. The molecule has 1 fully saturated rings. The molecule has 2 heteroatoms. The molecule has 0 aromatic heterocycles. The molecule has 112 valence electrons. The maximum atomic E-state index is 5.82. The van der Waals surface area contributed by atoms with Crippen LogP contribution in [0.25, 0.3) is 0 Å². The van der Waals surface area contributed by atoms with Gasteiger partial charge in [0.05, 0.1) is 0 Å². The molecule has 0 saturated heterocycles. The highest BCUT2D eigenvalue weighted by Crippen LogP contribution is 2.34. The number of rotatable bonds is 7. The third-order valence-corrected chi connectivity index (χ3v) is 4.94. The van der Waals surface area contributed by atoms with E-state index in [2.05, 4.69) is 42.7 Å². The second-order valence-corrected chi connectivity index (χ2v) is 6.39. The van der Waals surface area contributed by atoms with Crippen molar-refractivity contribution in [2.24, 2.45) is 17.7 Å². The maximum absolute atomic E-state index is 5.82. The lowest BCUT2D eigenvalue weighted by Gasteiger charge is -2.33. The minimum atomic E-state index is 0.435. The summed E-state index contributed by atoms with van der Waals surface area (Å²) in [6.07, 6.45) is 10.7. The molecule has 1 aromatic carbocycles. The van der Waals surface area contributed by atoms with Gasteiger partial charge in [0.1, 0.15) is 0 Å². The van der Waals surface area contributed by atoms with Crippen molar-refractivity contribution >= 4 is 0 Å². The number of hydrogen-bond acceptors (Lipinski definition) is 2. The SMILES string of the molecule is CCCCC1CCC(C(Cc2ccccc2)NN)CC1. The standard InChI is InChI=1S/C18H30N2/c1-2-3-7-15-10-12-17(13-11-15)18(20-19)14-16-8-5-4-6-9-16/h4-6,8-9,15,17-18,20H,2-3,7,10-14,19H2,1H3. The Morgan fingerprint density at radius 2 is 1.85 bits per heavy atom. The zero-order valence-electron chi connectivity index (χ0n) is 12.9. The Morgan fingerprint density at radius 3 is 2.45 bits per heavy atom. The lowest BCUT2D eigenvalue weighted by Crippen LogP contribution is -2.43. The van der Waals surface area contributed by atoms with E-state index in [1.807, 2.05) is 0 Å². The molecule has 0 amide bonds. The second kappa shape index (κ2) is 8.43. The molecule has 2 nitrogen and oxygen atoms in total. The van der Waals surface area contributed by atoms with E-state index in [0.29, 0.717) is 6.04 Å². The third-order valence-electron chi connectivity index (χ3n) is 4.94. The molecule has 1 aliphatic carbocycles. The summed E-state index contributed by atoms with van der Waals surface area (Å²) in [5.41, 5.74) is 4.47. The molecule has 0 spiro atoms. The quantitative estimate of drug-likeness (QED) is 0.581. The van der Waals surface area contributed by atoms with Crippen LogP contribution in [-0.2, 0) is 6.42 Å². The Hall–Kier alpha value is -0.860. The highest BCUT2D eigenvalue weighted by atomic mass is 15.2. The van der Waals surface area contributed by atoms with Gasteiger partial charge in [-0.3, -0.25) is 11.3 Å². The topological polar surface area (TPSA) is 38.0 Å². The van der Waals surface area contributed by atoms with Crippen LogP contribution in [-0.4, -0.2) is 6.04 Å². The summed E-state index contributed by atoms with van der Waals surface area (Å²) in [5, 5.41) is 0. The first-order valence-electron chi connectivity index (χ1n) is 8.33. The van der Waals surface area contributed by atoms with Gasteiger partial charge in [-0.15, -0.1) is 0 Å². The summed E-state index contributed by atoms with van der Waals surface area (Å²) in [7, 11) is 0. The molecule has 20 heavy (non-hydrogen) atoms. The summed E-state index contributed by atoms with van der Waals surface area (Å²) < 4.78 is 0. The maximum Gasteiger partial charge on any atom is 0.0279 e. The van der Waals surface area contributed by atoms with Crippen LogP contribution in [0.2, 0.25) is 0 Å². The molecule has 0 bridgehead atoms. The molecule has 1 aliphatic rings. The van der Waals surface area contributed by atoms with Gasteiger partial charge < -0.3 is 0 Å². The highest BCUT2D eigenvalue weighted by molar-refractivity contribution is 5.16. The van der Waals surface area contributed by atoms with Crippen LogP contribution < -0.4 is 11.3 Å². The van der Waals surface area contributed by atoms with Crippen molar-refractivity contribution in [3.05, 3.63) is 35.9 Å². The molecule has 3 N–H and O–H groups in total. The molecule has 1 atom stereocenters. The molecule has 0 radical (unpaired) electrons. The molecule has 2 rings (SSSR count). The summed E-state index contributed by atoms with van der Waals surface area (Å²) >= 11 is 0. The van der Waals surface area contributed by atoms with E-state index in [0.717, 1.165) is 18.3 Å². The van der Waals surface area contributed by atoms with Gasteiger partial charge in [0.15, 0.2) is 0 Å². The van der Waals surface area contributed by atoms with Crippen molar-refractivity contribution in [1.29, 1.82) is 0 Å². The lowest BCUT2D eigenvalue weighted by atomic mass is 9.76. The Bertz CT molecular complexity index is 355. The van der Waals surface area contributed by atoms with Crippen LogP contribution in [0.15, 0.2) is 30.3 Å². The molecule has 0 heterocycles. The van der Waals surface area contributed by atoms with Crippen LogP contribution in [0.3, 0.4) is 0 Å². The fraction of sp³-hybridized carbons (Fsp3) is 0.667. The first-order chi connectivity index (χ1) is 9.83. The minimum absolute atomic E-state index is 0.435. The number of benzene rings is 1. The molecule has 1 saturated carbocycles. The van der Waals surface area contributed by atoms with Crippen molar-refractivity contribution in [2.45, 2.75) is 64.3 Å². The minimum Gasteiger partial charge on any atom is -0.271 e. The fourth-order valence-electron chi connectivity index (χ4n) is 3.60. The number of unbranched alkanes of at least 4 members (excludes halogenated alkanes) is 1. The predicted molar refractivity (Wildman–Crippen MR) is 86.2 cm³/mol. The van der Waals surface area contributed by atoms with E-state index in [1.54, 1.807) is 0 Å². The monoisotopic (exact) mass is 274 g/mol.